The lowest BCUT2D eigenvalue weighted by atomic mass is 9.70. The van der Waals surface area contributed by atoms with Gasteiger partial charge in [-0.1, -0.05) is 13.8 Å². The van der Waals surface area contributed by atoms with Crippen LogP contribution in [0.3, 0.4) is 0 Å². The van der Waals surface area contributed by atoms with Gasteiger partial charge in [-0.25, -0.2) is 4.79 Å². The highest BCUT2D eigenvalue weighted by atomic mass is 19.4. The van der Waals surface area contributed by atoms with Crippen LogP contribution in [-0.2, 0) is 33.4 Å². The summed E-state index contributed by atoms with van der Waals surface area (Å²) in [6, 6.07) is 2.59. The second kappa shape index (κ2) is 11.1. The summed E-state index contributed by atoms with van der Waals surface area (Å²) in [7, 11) is 1.16. The summed E-state index contributed by atoms with van der Waals surface area (Å²) in [6.07, 6.45) is 0.365. The summed E-state index contributed by atoms with van der Waals surface area (Å²) < 4.78 is 51.0. The van der Waals surface area contributed by atoms with Crippen LogP contribution in [0.1, 0.15) is 73.0 Å². The highest BCUT2D eigenvalue weighted by molar-refractivity contribution is 5.92. The van der Waals surface area contributed by atoms with Crippen molar-refractivity contribution in [3.05, 3.63) is 34.4 Å². The fourth-order valence-corrected chi connectivity index (χ4v) is 6.20. The minimum absolute atomic E-state index is 0.00913. The third kappa shape index (κ3) is 5.88. The smallest absolute Gasteiger partial charge is 0.416 e. The van der Waals surface area contributed by atoms with Crippen molar-refractivity contribution >= 4 is 11.9 Å². The first-order valence-electron chi connectivity index (χ1n) is 13.0. The number of esters is 1. The van der Waals surface area contributed by atoms with Gasteiger partial charge < -0.3 is 19.7 Å². The van der Waals surface area contributed by atoms with Crippen molar-refractivity contribution in [3.8, 4) is 0 Å². The van der Waals surface area contributed by atoms with Gasteiger partial charge in [-0.2, -0.15) is 13.2 Å². The monoisotopic (exact) mass is 510 g/mol. The molecule has 1 N–H and O–H groups in total. The molecule has 1 aliphatic carbocycles. The first-order chi connectivity index (χ1) is 17.1. The van der Waals surface area contributed by atoms with Gasteiger partial charge in [0.05, 0.1) is 18.2 Å². The van der Waals surface area contributed by atoms with Gasteiger partial charge in [-0.05, 0) is 73.6 Å². The van der Waals surface area contributed by atoms with E-state index in [9.17, 15) is 22.8 Å². The molecule has 0 spiro atoms. The summed E-state index contributed by atoms with van der Waals surface area (Å²) in [5.74, 6) is -0.383. The van der Waals surface area contributed by atoms with Crippen molar-refractivity contribution in [2.24, 2.45) is 17.8 Å². The standard InChI is InChI=1S/C27H37F3N2O4/c1-16(2)21-5-4-20(31-19-7-10-36-11-8-19)14-23(21)25(33)32-9-6-22-17(15-32)12-18(27(28,29)30)13-24(22)26(34)35-3/h12-13,16,19-21,23,31H,4-11,14-15H2,1-3H3/t20-,21+,23-/m1/s1. The molecular formula is C27H37F3N2O4. The van der Waals surface area contributed by atoms with Crippen LogP contribution in [0, 0.1) is 17.8 Å². The van der Waals surface area contributed by atoms with E-state index in [0.717, 1.165) is 64.6 Å². The van der Waals surface area contributed by atoms with Gasteiger partial charge in [0.2, 0.25) is 5.91 Å². The molecule has 0 radical (unpaired) electrons. The summed E-state index contributed by atoms with van der Waals surface area (Å²) in [4.78, 5) is 27.8. The number of carbonyl (C=O) groups is 2. The molecule has 200 valence electrons. The molecule has 0 bridgehead atoms. The maximum atomic E-state index is 13.8. The van der Waals surface area contributed by atoms with Crippen LogP contribution in [0.2, 0.25) is 0 Å². The zero-order valence-corrected chi connectivity index (χ0v) is 21.3. The Kier molecular flexibility index (Phi) is 8.29. The topological polar surface area (TPSA) is 67.9 Å². The van der Waals surface area contributed by atoms with Crippen molar-refractivity contribution in [2.75, 3.05) is 26.9 Å². The van der Waals surface area contributed by atoms with Crippen molar-refractivity contribution in [2.45, 2.75) is 77.2 Å². The third-order valence-electron chi connectivity index (χ3n) is 8.15. The lowest BCUT2D eigenvalue weighted by Crippen LogP contribution is -2.50. The van der Waals surface area contributed by atoms with E-state index in [2.05, 4.69) is 19.2 Å². The molecule has 2 aliphatic heterocycles. The van der Waals surface area contributed by atoms with E-state index < -0.39 is 17.7 Å². The number of benzene rings is 1. The van der Waals surface area contributed by atoms with Crippen LogP contribution < -0.4 is 5.32 Å². The van der Waals surface area contributed by atoms with Gasteiger partial charge in [0.15, 0.2) is 0 Å². The lowest BCUT2D eigenvalue weighted by molar-refractivity contribution is -0.140. The van der Waals surface area contributed by atoms with E-state index in [0.29, 0.717) is 36.1 Å². The number of alkyl halides is 3. The first-order valence-corrected chi connectivity index (χ1v) is 13.0. The fourth-order valence-electron chi connectivity index (χ4n) is 6.20. The zero-order valence-electron chi connectivity index (χ0n) is 21.3. The highest BCUT2D eigenvalue weighted by Gasteiger charge is 2.41. The highest BCUT2D eigenvalue weighted by Crippen LogP contribution is 2.39. The predicted octanol–water partition coefficient (Wildman–Crippen LogP) is 4.59. The molecule has 36 heavy (non-hydrogen) atoms. The molecule has 1 aromatic rings. The zero-order chi connectivity index (χ0) is 26.0. The molecule has 0 aromatic heterocycles. The largest absolute Gasteiger partial charge is 0.465 e. The predicted molar refractivity (Wildman–Crippen MR) is 128 cm³/mol. The second-order valence-electron chi connectivity index (χ2n) is 10.7. The SMILES string of the molecule is COC(=O)c1cc(C(F)(F)F)cc2c1CCN(C(=O)[C@@H]1C[C@H](NC3CCOCC3)CC[C@H]1C(C)C)C2. The van der Waals surface area contributed by atoms with Gasteiger partial charge in [0, 0.05) is 44.3 Å². The van der Waals surface area contributed by atoms with Crippen molar-refractivity contribution in [1.82, 2.24) is 10.2 Å². The molecule has 4 rings (SSSR count). The Balaban J connectivity index is 1.55. The Labute approximate surface area is 210 Å². The fraction of sp³-hybridized carbons (Fsp3) is 0.704. The van der Waals surface area contributed by atoms with Crippen molar-refractivity contribution < 1.29 is 32.2 Å². The maximum Gasteiger partial charge on any atom is 0.416 e. The number of hydrogen-bond donors (Lipinski definition) is 1. The van der Waals surface area contributed by atoms with Crippen LogP contribution in [0.4, 0.5) is 13.2 Å². The van der Waals surface area contributed by atoms with E-state index >= 15 is 0 Å². The molecule has 3 atom stereocenters. The van der Waals surface area contributed by atoms with Crippen molar-refractivity contribution in [3.63, 3.8) is 0 Å². The van der Waals surface area contributed by atoms with Crippen LogP contribution >= 0.6 is 0 Å². The molecular weight excluding hydrogens is 473 g/mol. The Morgan fingerprint density at radius 2 is 1.83 bits per heavy atom. The maximum absolute atomic E-state index is 13.8. The van der Waals surface area contributed by atoms with Crippen LogP contribution in [0.5, 0.6) is 0 Å². The molecule has 1 saturated carbocycles. The number of carbonyl (C=O) groups excluding carboxylic acids is 2. The average molecular weight is 511 g/mol. The molecule has 1 amide bonds. The number of nitrogens with one attached hydrogen (secondary N) is 1. The van der Waals surface area contributed by atoms with Crippen LogP contribution in [0.25, 0.3) is 0 Å². The number of methoxy groups -OCH3 is 1. The summed E-state index contributed by atoms with van der Waals surface area (Å²) in [5.41, 5.74) is -0.0390. The normalized spacial score (nSPS) is 25.5. The Hall–Kier alpha value is -2.13. The number of amides is 1. The van der Waals surface area contributed by atoms with E-state index in [4.69, 9.17) is 9.47 Å². The molecule has 3 aliphatic rings. The van der Waals surface area contributed by atoms with E-state index in [1.54, 1.807) is 4.90 Å². The average Bonchev–Trinajstić information content (AvgIpc) is 2.86. The van der Waals surface area contributed by atoms with Gasteiger partial charge in [-0.3, -0.25) is 4.79 Å². The molecule has 1 aromatic carbocycles. The summed E-state index contributed by atoms with van der Waals surface area (Å²) in [6.45, 7) is 6.23. The number of fused-ring (bicyclic) bond motifs is 1. The summed E-state index contributed by atoms with van der Waals surface area (Å²) >= 11 is 0. The second-order valence-corrected chi connectivity index (χ2v) is 10.7. The van der Waals surface area contributed by atoms with E-state index in [1.165, 1.54) is 0 Å². The number of nitrogens with zero attached hydrogens (tertiary/aromatic N) is 1. The van der Waals surface area contributed by atoms with Gasteiger partial charge in [0.1, 0.15) is 0 Å². The first kappa shape index (κ1) is 26.9. The minimum atomic E-state index is -4.60. The molecule has 9 heteroatoms. The molecule has 2 fully saturated rings. The van der Waals surface area contributed by atoms with Gasteiger partial charge in [0.25, 0.3) is 0 Å². The quantitative estimate of drug-likeness (QED) is 0.587. The number of halogens is 3. The molecule has 2 heterocycles. The number of ether oxygens (including phenoxy) is 2. The Bertz CT molecular complexity index is 959. The van der Waals surface area contributed by atoms with Gasteiger partial charge >= 0.3 is 12.1 Å². The molecule has 0 unspecified atom stereocenters. The Morgan fingerprint density at radius 3 is 2.47 bits per heavy atom. The molecule has 6 nitrogen and oxygen atoms in total. The van der Waals surface area contributed by atoms with Crippen LogP contribution in [0.15, 0.2) is 12.1 Å². The summed E-state index contributed by atoms with van der Waals surface area (Å²) in [5, 5.41) is 3.74. The lowest BCUT2D eigenvalue weighted by Gasteiger charge is -2.42. The number of hydrogen-bond acceptors (Lipinski definition) is 5. The van der Waals surface area contributed by atoms with Crippen LogP contribution in [-0.4, -0.2) is 55.7 Å². The molecule has 1 saturated heterocycles. The van der Waals surface area contributed by atoms with E-state index in [-0.39, 0.29) is 35.9 Å². The third-order valence-corrected chi connectivity index (χ3v) is 8.15. The van der Waals surface area contributed by atoms with Crippen molar-refractivity contribution in [1.29, 1.82) is 0 Å². The van der Waals surface area contributed by atoms with E-state index in [1.807, 2.05) is 0 Å². The Morgan fingerprint density at radius 1 is 1.11 bits per heavy atom. The number of rotatable bonds is 5. The van der Waals surface area contributed by atoms with Gasteiger partial charge in [-0.15, -0.1) is 0 Å². The minimum Gasteiger partial charge on any atom is -0.465 e.